The number of nitrogens with zero attached hydrogens (tertiary/aromatic N) is 4. The number of amides is 2. The lowest BCUT2D eigenvalue weighted by atomic mass is 10.1. The summed E-state index contributed by atoms with van der Waals surface area (Å²) in [6.45, 7) is -0.100. The zero-order valence-corrected chi connectivity index (χ0v) is 17.3. The van der Waals surface area contributed by atoms with Crippen molar-refractivity contribution in [3.05, 3.63) is 65.5 Å². The minimum absolute atomic E-state index is 0.100. The van der Waals surface area contributed by atoms with Crippen LogP contribution in [0.5, 0.6) is 0 Å². The summed E-state index contributed by atoms with van der Waals surface area (Å²) in [4.78, 5) is 26.0. The second-order valence-corrected chi connectivity index (χ2v) is 8.61. The molecule has 1 aliphatic carbocycles. The number of imide groups is 1. The Hall–Kier alpha value is -3.04. The van der Waals surface area contributed by atoms with Crippen molar-refractivity contribution in [1.82, 2.24) is 19.7 Å². The Kier molecular flexibility index (Phi) is 5.07. The SMILES string of the molecule is O=C1c2ccccc2C(=O)N1C[C@H](O)CSc1nnc(-c2ccccc2F)n1C1CC1. The fourth-order valence-corrected chi connectivity index (χ4v) is 4.62. The Balaban J connectivity index is 1.29. The number of hydrogen-bond acceptors (Lipinski definition) is 6. The van der Waals surface area contributed by atoms with Gasteiger partial charge in [-0.3, -0.25) is 19.1 Å². The summed E-state index contributed by atoms with van der Waals surface area (Å²) >= 11 is 1.28. The van der Waals surface area contributed by atoms with Gasteiger partial charge in [-0.2, -0.15) is 0 Å². The van der Waals surface area contributed by atoms with Gasteiger partial charge in [-0.15, -0.1) is 10.2 Å². The van der Waals surface area contributed by atoms with Gasteiger partial charge in [0, 0.05) is 11.8 Å². The number of thioether (sulfide) groups is 1. The Morgan fingerprint density at radius 3 is 2.23 bits per heavy atom. The minimum Gasteiger partial charge on any atom is -0.390 e. The number of rotatable bonds is 7. The average molecular weight is 438 g/mol. The van der Waals surface area contributed by atoms with Crippen molar-refractivity contribution in [3.8, 4) is 11.4 Å². The molecule has 2 amide bonds. The number of β-amino-alcohol motifs (C(OH)–C–C–N with tert-alkyl or cyclic N) is 1. The summed E-state index contributed by atoms with van der Waals surface area (Å²) in [5.41, 5.74) is 1.10. The third-order valence-electron chi connectivity index (χ3n) is 5.37. The van der Waals surface area contributed by atoms with Gasteiger partial charge in [0.2, 0.25) is 0 Å². The highest BCUT2D eigenvalue weighted by Crippen LogP contribution is 2.41. The quantitative estimate of drug-likeness (QED) is 0.450. The third kappa shape index (κ3) is 3.64. The molecule has 0 spiro atoms. The van der Waals surface area contributed by atoms with Gasteiger partial charge in [0.15, 0.2) is 11.0 Å². The molecule has 1 fully saturated rings. The van der Waals surface area contributed by atoms with E-state index in [0.29, 0.717) is 27.7 Å². The van der Waals surface area contributed by atoms with Crippen LogP contribution in [0.1, 0.15) is 39.6 Å². The van der Waals surface area contributed by atoms with Crippen molar-refractivity contribution in [2.24, 2.45) is 0 Å². The van der Waals surface area contributed by atoms with Gasteiger partial charge in [-0.1, -0.05) is 36.0 Å². The molecule has 158 valence electrons. The first kappa shape index (κ1) is 19.9. The number of aromatic nitrogens is 3. The summed E-state index contributed by atoms with van der Waals surface area (Å²) in [5.74, 6) is -0.465. The molecule has 9 heteroatoms. The molecule has 1 aliphatic heterocycles. The maximum atomic E-state index is 14.3. The van der Waals surface area contributed by atoms with Crippen LogP contribution in [0.2, 0.25) is 0 Å². The number of carbonyl (C=O) groups is 2. The molecule has 3 aromatic rings. The molecule has 1 atom stereocenters. The first-order valence-electron chi connectivity index (χ1n) is 10.0. The number of hydrogen-bond donors (Lipinski definition) is 1. The van der Waals surface area contributed by atoms with Crippen LogP contribution in [0, 0.1) is 5.82 Å². The smallest absolute Gasteiger partial charge is 0.261 e. The van der Waals surface area contributed by atoms with E-state index >= 15 is 0 Å². The van der Waals surface area contributed by atoms with E-state index < -0.39 is 17.9 Å². The molecule has 2 aromatic carbocycles. The van der Waals surface area contributed by atoms with Crippen LogP contribution in [0.3, 0.4) is 0 Å². The summed E-state index contributed by atoms with van der Waals surface area (Å²) in [7, 11) is 0. The summed E-state index contributed by atoms with van der Waals surface area (Å²) in [5, 5.41) is 19.5. The van der Waals surface area contributed by atoms with E-state index in [1.165, 1.54) is 17.8 Å². The van der Waals surface area contributed by atoms with Gasteiger partial charge in [0.05, 0.1) is 29.3 Å². The number of carbonyl (C=O) groups excluding carboxylic acids is 2. The zero-order chi connectivity index (χ0) is 21.5. The van der Waals surface area contributed by atoms with E-state index in [1.807, 2.05) is 4.57 Å². The van der Waals surface area contributed by atoms with Crippen LogP contribution in [-0.2, 0) is 0 Å². The normalized spacial score (nSPS) is 16.6. The minimum atomic E-state index is -0.937. The Labute approximate surface area is 181 Å². The molecule has 1 saturated carbocycles. The summed E-state index contributed by atoms with van der Waals surface area (Å²) in [6, 6.07) is 13.3. The molecule has 2 heterocycles. The van der Waals surface area contributed by atoms with Crippen LogP contribution >= 0.6 is 11.8 Å². The summed E-state index contributed by atoms with van der Waals surface area (Å²) in [6.07, 6.45) is 0.989. The maximum absolute atomic E-state index is 14.3. The van der Waals surface area contributed by atoms with Crippen molar-refractivity contribution < 1.29 is 19.1 Å². The van der Waals surface area contributed by atoms with Crippen LogP contribution in [0.25, 0.3) is 11.4 Å². The average Bonchev–Trinajstić information content (AvgIpc) is 3.49. The van der Waals surface area contributed by atoms with Crippen LogP contribution in [-0.4, -0.2) is 55.0 Å². The Bertz CT molecular complexity index is 1140. The van der Waals surface area contributed by atoms with E-state index in [0.717, 1.165) is 17.7 Å². The molecule has 7 nitrogen and oxygen atoms in total. The lowest BCUT2D eigenvalue weighted by Crippen LogP contribution is -2.37. The number of aliphatic hydroxyl groups is 1. The van der Waals surface area contributed by atoms with Crippen molar-refractivity contribution in [2.45, 2.75) is 30.1 Å². The van der Waals surface area contributed by atoms with Gasteiger partial charge in [0.25, 0.3) is 11.8 Å². The van der Waals surface area contributed by atoms with Crippen LogP contribution in [0.15, 0.2) is 53.7 Å². The standard InChI is InChI=1S/C22H19FN4O3S/c23-18-8-4-3-7-17(18)19-24-25-22(27(19)13-9-10-13)31-12-14(28)11-26-20(29)15-5-1-2-6-16(15)21(26)30/h1-8,13-14,28H,9-12H2/t14-/m0/s1. The molecule has 2 aliphatic rings. The first-order chi connectivity index (χ1) is 15.0. The first-order valence-corrected chi connectivity index (χ1v) is 11.0. The lowest BCUT2D eigenvalue weighted by Gasteiger charge is -2.18. The fourth-order valence-electron chi connectivity index (χ4n) is 3.70. The summed E-state index contributed by atoms with van der Waals surface area (Å²) < 4.78 is 16.2. The second-order valence-electron chi connectivity index (χ2n) is 7.62. The van der Waals surface area contributed by atoms with E-state index in [1.54, 1.807) is 42.5 Å². The molecule has 1 N–H and O–H groups in total. The van der Waals surface area contributed by atoms with Crippen LogP contribution < -0.4 is 0 Å². The molecule has 5 rings (SSSR count). The number of halogens is 1. The van der Waals surface area contributed by atoms with E-state index in [2.05, 4.69) is 10.2 Å². The highest BCUT2D eigenvalue weighted by molar-refractivity contribution is 7.99. The molecular weight excluding hydrogens is 419 g/mol. The zero-order valence-electron chi connectivity index (χ0n) is 16.4. The van der Waals surface area contributed by atoms with E-state index in [4.69, 9.17) is 0 Å². The molecule has 0 radical (unpaired) electrons. The van der Waals surface area contributed by atoms with Crippen LogP contribution in [0.4, 0.5) is 4.39 Å². The molecule has 0 saturated heterocycles. The topological polar surface area (TPSA) is 88.3 Å². The Morgan fingerprint density at radius 1 is 1.00 bits per heavy atom. The molecule has 0 bridgehead atoms. The monoisotopic (exact) mass is 438 g/mol. The van der Waals surface area contributed by atoms with Gasteiger partial charge < -0.3 is 5.11 Å². The lowest BCUT2D eigenvalue weighted by molar-refractivity contribution is 0.0567. The van der Waals surface area contributed by atoms with Crippen molar-refractivity contribution in [3.63, 3.8) is 0 Å². The largest absolute Gasteiger partial charge is 0.390 e. The highest BCUT2D eigenvalue weighted by Gasteiger charge is 2.36. The van der Waals surface area contributed by atoms with Crippen molar-refractivity contribution in [1.29, 1.82) is 0 Å². The predicted molar refractivity (Wildman–Crippen MR) is 112 cm³/mol. The second kappa shape index (κ2) is 7.90. The molecule has 1 aromatic heterocycles. The van der Waals surface area contributed by atoms with Gasteiger partial charge in [0.1, 0.15) is 5.82 Å². The van der Waals surface area contributed by atoms with Crippen molar-refractivity contribution in [2.75, 3.05) is 12.3 Å². The van der Waals surface area contributed by atoms with Gasteiger partial charge in [-0.05, 0) is 37.1 Å². The molecule has 31 heavy (non-hydrogen) atoms. The number of aliphatic hydroxyl groups excluding tert-OH is 1. The highest BCUT2D eigenvalue weighted by atomic mass is 32.2. The fraction of sp³-hybridized carbons (Fsp3) is 0.273. The molecular formula is C22H19FN4O3S. The maximum Gasteiger partial charge on any atom is 0.261 e. The molecule has 0 unspecified atom stereocenters. The third-order valence-corrected chi connectivity index (χ3v) is 6.46. The van der Waals surface area contributed by atoms with E-state index in [-0.39, 0.29) is 24.2 Å². The van der Waals surface area contributed by atoms with Crippen molar-refractivity contribution >= 4 is 23.6 Å². The van der Waals surface area contributed by atoms with Gasteiger partial charge >= 0.3 is 0 Å². The van der Waals surface area contributed by atoms with Gasteiger partial charge in [-0.25, -0.2) is 4.39 Å². The number of benzene rings is 2. The van der Waals surface area contributed by atoms with E-state index in [9.17, 15) is 19.1 Å². The number of fused-ring (bicyclic) bond motifs is 1. The predicted octanol–water partition coefficient (Wildman–Crippen LogP) is 3.17. The Morgan fingerprint density at radius 2 is 1.61 bits per heavy atom.